The number of carbonyl (C=O) groups excluding carboxylic acids is 3. The van der Waals surface area contributed by atoms with Crippen LogP contribution in [0.4, 0.5) is 11.4 Å². The predicted molar refractivity (Wildman–Crippen MR) is 138 cm³/mol. The van der Waals surface area contributed by atoms with Crippen LogP contribution < -0.4 is 10.2 Å². The highest BCUT2D eigenvalue weighted by Crippen LogP contribution is 2.40. The Labute approximate surface area is 208 Å². The van der Waals surface area contributed by atoms with E-state index >= 15 is 0 Å². The summed E-state index contributed by atoms with van der Waals surface area (Å²) in [5.41, 5.74) is 2.66. The van der Waals surface area contributed by atoms with Crippen LogP contribution >= 0.6 is 11.3 Å². The number of thiophene rings is 1. The highest BCUT2D eigenvalue weighted by molar-refractivity contribution is 7.17. The third-order valence-electron chi connectivity index (χ3n) is 7.07. The molecule has 8 heteroatoms. The predicted octanol–water partition coefficient (Wildman–Crippen LogP) is 5.77. The van der Waals surface area contributed by atoms with Gasteiger partial charge in [-0.3, -0.25) is 19.5 Å². The van der Waals surface area contributed by atoms with Crippen LogP contribution in [-0.4, -0.2) is 34.8 Å². The molecule has 2 saturated carbocycles. The summed E-state index contributed by atoms with van der Waals surface area (Å²) in [5, 5.41) is 9.35. The summed E-state index contributed by atoms with van der Waals surface area (Å²) in [4.78, 5) is 41.3. The largest absolute Gasteiger partial charge is 0.321 e. The van der Waals surface area contributed by atoms with Crippen molar-refractivity contribution in [1.29, 1.82) is 0 Å². The number of benzene rings is 1. The number of nitrogens with one attached hydrogen (secondary N) is 2. The Morgan fingerprint density at radius 3 is 2.49 bits per heavy atom. The van der Waals surface area contributed by atoms with Crippen molar-refractivity contribution in [2.45, 2.75) is 45.4 Å². The van der Waals surface area contributed by atoms with Gasteiger partial charge in [0.25, 0.3) is 5.91 Å². The van der Waals surface area contributed by atoms with Crippen molar-refractivity contribution in [3.8, 4) is 10.4 Å². The molecule has 0 bridgehead atoms. The molecule has 2 aromatic heterocycles. The topological polar surface area (TPSA) is 95.2 Å². The van der Waals surface area contributed by atoms with E-state index in [1.807, 2.05) is 35.2 Å². The number of H-pyrrole nitrogens is 1. The Morgan fingerprint density at radius 2 is 1.86 bits per heavy atom. The van der Waals surface area contributed by atoms with Crippen LogP contribution in [0.25, 0.3) is 10.4 Å². The lowest BCUT2D eigenvalue weighted by atomic mass is 9.82. The number of aromatic amines is 1. The second-order valence-corrected chi connectivity index (χ2v) is 10.9. The second-order valence-electron chi connectivity index (χ2n) is 9.82. The van der Waals surface area contributed by atoms with Gasteiger partial charge in [-0.05, 0) is 80.2 Å². The summed E-state index contributed by atoms with van der Waals surface area (Å²) >= 11 is 1.41. The molecule has 1 aromatic carbocycles. The maximum absolute atomic E-state index is 13.6. The molecule has 2 amide bonds. The molecule has 0 radical (unpaired) electrons. The molecular formula is C27H30N4O3S. The maximum Gasteiger partial charge on any atom is 0.276 e. The van der Waals surface area contributed by atoms with Gasteiger partial charge in [0.1, 0.15) is 5.69 Å². The normalized spacial score (nSPS) is 19.8. The molecule has 2 fully saturated rings. The van der Waals surface area contributed by atoms with Gasteiger partial charge in [0, 0.05) is 29.2 Å². The van der Waals surface area contributed by atoms with E-state index in [4.69, 9.17) is 0 Å². The standard InChI is InChI=1S/C27H30N4O3S/c1-17-2-6-20(7-3-17)27(34)31(15-18-4-5-18)23-14-24(35-25(23)16-32)19-8-10-21(11-9-19)29-26(33)22-12-13-28-30-22/h8-14,16-18,20H,2-7,15H2,1H3,(H,28,30)(H,29,33)/t17-,20-. The molecular weight excluding hydrogens is 460 g/mol. The van der Waals surface area contributed by atoms with Crippen LogP contribution in [0.15, 0.2) is 42.6 Å². The average molecular weight is 491 g/mol. The van der Waals surface area contributed by atoms with Gasteiger partial charge in [0.15, 0.2) is 6.29 Å². The summed E-state index contributed by atoms with van der Waals surface area (Å²) in [7, 11) is 0. The van der Waals surface area contributed by atoms with Gasteiger partial charge in [-0.1, -0.05) is 19.1 Å². The molecule has 3 aromatic rings. The summed E-state index contributed by atoms with van der Waals surface area (Å²) in [6.07, 6.45) is 8.80. The zero-order valence-corrected chi connectivity index (χ0v) is 20.6. The summed E-state index contributed by atoms with van der Waals surface area (Å²) in [6.45, 7) is 2.95. The van der Waals surface area contributed by atoms with Crippen LogP contribution in [0, 0.1) is 17.8 Å². The molecule has 0 atom stereocenters. The first-order valence-electron chi connectivity index (χ1n) is 12.3. The first-order chi connectivity index (χ1) is 17.0. The smallest absolute Gasteiger partial charge is 0.276 e. The molecule has 35 heavy (non-hydrogen) atoms. The highest BCUT2D eigenvalue weighted by atomic mass is 32.1. The molecule has 0 saturated heterocycles. The molecule has 2 aliphatic rings. The van der Waals surface area contributed by atoms with E-state index in [1.54, 1.807) is 12.3 Å². The van der Waals surface area contributed by atoms with Crippen molar-refractivity contribution in [2.75, 3.05) is 16.8 Å². The van der Waals surface area contributed by atoms with Crippen LogP contribution in [0.2, 0.25) is 0 Å². The fraction of sp³-hybridized carbons (Fsp3) is 0.407. The van der Waals surface area contributed by atoms with Crippen LogP contribution in [0.1, 0.15) is 65.6 Å². The summed E-state index contributed by atoms with van der Waals surface area (Å²) in [6, 6.07) is 11.1. The zero-order chi connectivity index (χ0) is 24.4. The number of aromatic nitrogens is 2. The maximum atomic E-state index is 13.6. The zero-order valence-electron chi connectivity index (χ0n) is 19.8. The molecule has 182 valence electrons. The first kappa shape index (κ1) is 23.5. The van der Waals surface area contributed by atoms with Crippen molar-refractivity contribution in [3.05, 3.63) is 53.2 Å². The second kappa shape index (κ2) is 10.2. The van der Waals surface area contributed by atoms with Crippen molar-refractivity contribution in [1.82, 2.24) is 10.2 Å². The summed E-state index contributed by atoms with van der Waals surface area (Å²) < 4.78 is 0. The number of amides is 2. The Hall–Kier alpha value is -3.26. The van der Waals surface area contributed by atoms with E-state index in [-0.39, 0.29) is 17.7 Å². The van der Waals surface area contributed by atoms with Gasteiger partial charge in [-0.2, -0.15) is 5.10 Å². The van der Waals surface area contributed by atoms with E-state index in [2.05, 4.69) is 22.4 Å². The number of hydrogen-bond acceptors (Lipinski definition) is 5. The molecule has 0 unspecified atom stereocenters. The Balaban J connectivity index is 1.36. The minimum absolute atomic E-state index is 0.0465. The van der Waals surface area contributed by atoms with E-state index in [9.17, 15) is 14.4 Å². The average Bonchev–Trinajstić information content (AvgIpc) is 3.34. The fourth-order valence-corrected chi connectivity index (χ4v) is 5.71. The molecule has 0 spiro atoms. The molecule has 2 aliphatic carbocycles. The lowest BCUT2D eigenvalue weighted by Crippen LogP contribution is -2.39. The van der Waals surface area contributed by atoms with Crippen molar-refractivity contribution in [3.63, 3.8) is 0 Å². The molecule has 2 heterocycles. The molecule has 0 aliphatic heterocycles. The molecule has 5 rings (SSSR count). The molecule has 7 nitrogen and oxygen atoms in total. The monoisotopic (exact) mass is 490 g/mol. The van der Waals surface area contributed by atoms with Gasteiger partial charge >= 0.3 is 0 Å². The van der Waals surface area contributed by atoms with Gasteiger partial charge in [0.05, 0.1) is 10.6 Å². The van der Waals surface area contributed by atoms with Crippen LogP contribution in [0.5, 0.6) is 0 Å². The van der Waals surface area contributed by atoms with Crippen molar-refractivity contribution in [2.24, 2.45) is 17.8 Å². The minimum Gasteiger partial charge on any atom is -0.321 e. The van der Waals surface area contributed by atoms with Crippen molar-refractivity contribution < 1.29 is 14.4 Å². The Morgan fingerprint density at radius 1 is 1.11 bits per heavy atom. The Bertz CT molecular complexity index is 1190. The third kappa shape index (κ3) is 5.37. The quantitative estimate of drug-likeness (QED) is 0.392. The number of carbonyl (C=O) groups is 3. The van der Waals surface area contributed by atoms with Crippen LogP contribution in [-0.2, 0) is 4.79 Å². The lowest BCUT2D eigenvalue weighted by molar-refractivity contribution is -0.123. The van der Waals surface area contributed by atoms with Gasteiger partial charge in [-0.25, -0.2) is 0 Å². The van der Waals surface area contributed by atoms with E-state index in [1.165, 1.54) is 11.3 Å². The Kier molecular flexibility index (Phi) is 6.81. The minimum atomic E-state index is -0.285. The van der Waals surface area contributed by atoms with Gasteiger partial charge in [0.2, 0.25) is 5.91 Å². The number of rotatable bonds is 8. The third-order valence-corrected chi connectivity index (χ3v) is 8.17. The van der Waals surface area contributed by atoms with E-state index in [0.717, 1.165) is 60.9 Å². The highest BCUT2D eigenvalue weighted by Gasteiger charge is 2.34. The number of hydrogen-bond donors (Lipinski definition) is 2. The van der Waals surface area contributed by atoms with E-state index < -0.39 is 0 Å². The molecule has 2 N–H and O–H groups in total. The number of anilines is 2. The van der Waals surface area contributed by atoms with Crippen LogP contribution in [0.3, 0.4) is 0 Å². The lowest BCUT2D eigenvalue weighted by Gasteiger charge is -2.31. The van der Waals surface area contributed by atoms with Crippen molar-refractivity contribution >= 4 is 40.8 Å². The van der Waals surface area contributed by atoms with Gasteiger partial charge < -0.3 is 10.2 Å². The number of aldehydes is 1. The van der Waals surface area contributed by atoms with E-state index in [0.29, 0.717) is 34.6 Å². The van der Waals surface area contributed by atoms with Gasteiger partial charge in [-0.15, -0.1) is 11.3 Å². The fourth-order valence-electron chi connectivity index (χ4n) is 4.73. The number of nitrogens with zero attached hydrogens (tertiary/aromatic N) is 2. The summed E-state index contributed by atoms with van der Waals surface area (Å²) in [5.74, 6) is 1.15. The SMILES string of the molecule is C[C@H]1CC[C@H](C(=O)N(CC2CC2)c2cc(-c3ccc(NC(=O)c4cc[nH]n4)cc3)sc2C=O)CC1. The first-order valence-corrected chi connectivity index (χ1v) is 13.2.